The van der Waals surface area contributed by atoms with Crippen LogP contribution in [-0.4, -0.2) is 72.3 Å². The Morgan fingerprint density at radius 3 is 2.78 bits per heavy atom. The fourth-order valence-electron chi connectivity index (χ4n) is 3.14. The van der Waals surface area contributed by atoms with Gasteiger partial charge in [0.25, 0.3) is 5.91 Å². The molecule has 0 radical (unpaired) electrons. The molecule has 1 aliphatic heterocycles. The molecule has 0 unspecified atom stereocenters. The second-order valence-corrected chi connectivity index (χ2v) is 6.94. The average molecular weight is 337 g/mol. The van der Waals surface area contributed by atoms with Crippen molar-refractivity contribution in [3.8, 4) is 0 Å². The predicted octanol–water partition coefficient (Wildman–Crippen LogP) is 2.15. The highest BCUT2D eigenvalue weighted by atomic mass is 32.1. The van der Waals surface area contributed by atoms with Gasteiger partial charge in [0.15, 0.2) is 0 Å². The minimum absolute atomic E-state index is 0.0304. The highest BCUT2D eigenvalue weighted by Crippen LogP contribution is 2.18. The molecule has 6 heteroatoms. The van der Waals surface area contributed by atoms with E-state index in [2.05, 4.69) is 11.8 Å². The van der Waals surface area contributed by atoms with E-state index in [-0.39, 0.29) is 18.4 Å². The Balaban J connectivity index is 1.90. The highest BCUT2D eigenvalue weighted by Gasteiger charge is 2.27. The molecule has 2 heterocycles. The van der Waals surface area contributed by atoms with Crippen molar-refractivity contribution >= 4 is 23.2 Å². The molecule has 2 rings (SSSR count). The molecular formula is C17H27N3O2S. The van der Waals surface area contributed by atoms with Crippen LogP contribution in [0.5, 0.6) is 0 Å². The zero-order valence-electron chi connectivity index (χ0n) is 14.3. The summed E-state index contributed by atoms with van der Waals surface area (Å²) in [6.45, 7) is 7.94. The predicted molar refractivity (Wildman–Crippen MR) is 93.8 cm³/mol. The van der Waals surface area contributed by atoms with Crippen LogP contribution >= 0.6 is 11.3 Å². The van der Waals surface area contributed by atoms with Gasteiger partial charge in [-0.05, 0) is 44.3 Å². The number of thiophene rings is 1. The third-order valence-electron chi connectivity index (χ3n) is 4.52. The van der Waals surface area contributed by atoms with Crippen LogP contribution in [0.2, 0.25) is 0 Å². The summed E-state index contributed by atoms with van der Waals surface area (Å²) >= 11 is 1.41. The first-order chi connectivity index (χ1) is 11.1. The number of nitrogens with zero attached hydrogens (tertiary/aromatic N) is 3. The van der Waals surface area contributed by atoms with Gasteiger partial charge in [0.1, 0.15) is 0 Å². The zero-order valence-corrected chi connectivity index (χ0v) is 15.1. The van der Waals surface area contributed by atoms with Crippen molar-refractivity contribution in [3.63, 3.8) is 0 Å². The second kappa shape index (κ2) is 8.45. The number of likely N-dealkylation sites (tertiary alicyclic amines) is 1. The molecule has 0 spiro atoms. The summed E-state index contributed by atoms with van der Waals surface area (Å²) in [5, 5.41) is 1.88. The minimum atomic E-state index is -0.0829. The zero-order chi connectivity index (χ0) is 16.8. The molecule has 1 atom stereocenters. The third kappa shape index (κ3) is 4.54. The number of hydrogen-bond acceptors (Lipinski definition) is 4. The molecule has 1 aliphatic rings. The fraction of sp³-hybridized carbons (Fsp3) is 0.647. The quantitative estimate of drug-likeness (QED) is 0.766. The number of carbonyl (C=O) groups is 2. The van der Waals surface area contributed by atoms with Crippen molar-refractivity contribution in [3.05, 3.63) is 22.4 Å². The van der Waals surface area contributed by atoms with E-state index >= 15 is 0 Å². The van der Waals surface area contributed by atoms with E-state index in [0.29, 0.717) is 17.5 Å². The maximum atomic E-state index is 12.6. The van der Waals surface area contributed by atoms with Crippen molar-refractivity contribution in [2.45, 2.75) is 32.7 Å². The molecule has 1 aromatic heterocycles. The SMILES string of the molecule is CCN(C[C@H]1CCCN1CC)C(=O)CN(C)C(=O)c1cccs1. The molecule has 5 nitrogen and oxygen atoms in total. The molecule has 2 amide bonds. The lowest BCUT2D eigenvalue weighted by molar-refractivity contribution is -0.132. The van der Waals surface area contributed by atoms with Crippen molar-refractivity contribution in [1.29, 1.82) is 0 Å². The van der Waals surface area contributed by atoms with E-state index in [1.54, 1.807) is 13.1 Å². The van der Waals surface area contributed by atoms with Gasteiger partial charge in [0.2, 0.25) is 5.91 Å². The topological polar surface area (TPSA) is 43.9 Å². The van der Waals surface area contributed by atoms with E-state index in [1.807, 2.05) is 23.3 Å². The molecule has 0 aliphatic carbocycles. The third-order valence-corrected chi connectivity index (χ3v) is 5.38. The maximum absolute atomic E-state index is 12.6. The monoisotopic (exact) mass is 337 g/mol. The maximum Gasteiger partial charge on any atom is 0.264 e. The normalized spacial score (nSPS) is 18.1. The fourth-order valence-corrected chi connectivity index (χ4v) is 3.86. The second-order valence-electron chi connectivity index (χ2n) is 6.00. The van der Waals surface area contributed by atoms with Crippen LogP contribution in [0.15, 0.2) is 17.5 Å². The highest BCUT2D eigenvalue weighted by molar-refractivity contribution is 7.12. The van der Waals surface area contributed by atoms with Crippen LogP contribution in [0.4, 0.5) is 0 Å². The van der Waals surface area contributed by atoms with Crippen LogP contribution in [-0.2, 0) is 4.79 Å². The van der Waals surface area contributed by atoms with Crippen molar-refractivity contribution in [2.24, 2.45) is 0 Å². The number of hydrogen-bond donors (Lipinski definition) is 0. The Morgan fingerprint density at radius 2 is 2.17 bits per heavy atom. The number of likely N-dealkylation sites (N-methyl/N-ethyl adjacent to an activating group) is 3. The standard InChI is InChI=1S/C17H27N3O2S/c1-4-19-10-6-8-14(19)12-20(5-2)16(21)13-18(3)17(22)15-9-7-11-23-15/h7,9,11,14H,4-6,8,10,12-13H2,1-3H3/t14-/m1/s1. The van der Waals surface area contributed by atoms with Gasteiger partial charge < -0.3 is 9.80 Å². The lowest BCUT2D eigenvalue weighted by Crippen LogP contribution is -2.46. The van der Waals surface area contributed by atoms with Crippen molar-refractivity contribution in [1.82, 2.24) is 14.7 Å². The van der Waals surface area contributed by atoms with E-state index in [4.69, 9.17) is 0 Å². The Bertz CT molecular complexity index is 518. The molecule has 23 heavy (non-hydrogen) atoms. The Labute approximate surface area is 142 Å². The molecule has 0 aromatic carbocycles. The lowest BCUT2D eigenvalue weighted by atomic mass is 10.2. The summed E-state index contributed by atoms with van der Waals surface area (Å²) in [5.41, 5.74) is 0. The van der Waals surface area contributed by atoms with Gasteiger partial charge in [0.05, 0.1) is 11.4 Å². The Morgan fingerprint density at radius 1 is 1.39 bits per heavy atom. The van der Waals surface area contributed by atoms with Gasteiger partial charge in [-0.3, -0.25) is 14.5 Å². The molecule has 0 saturated carbocycles. The lowest BCUT2D eigenvalue weighted by Gasteiger charge is -2.30. The molecule has 0 N–H and O–H groups in total. The van der Waals surface area contributed by atoms with Crippen LogP contribution in [0, 0.1) is 0 Å². The number of carbonyl (C=O) groups excluding carboxylic acids is 2. The smallest absolute Gasteiger partial charge is 0.264 e. The molecule has 1 aromatic rings. The molecule has 128 valence electrons. The van der Waals surface area contributed by atoms with Gasteiger partial charge in [-0.1, -0.05) is 13.0 Å². The summed E-state index contributed by atoms with van der Waals surface area (Å²) in [5.74, 6) is -0.0525. The summed E-state index contributed by atoms with van der Waals surface area (Å²) in [6.07, 6.45) is 2.36. The molecule has 1 saturated heterocycles. The minimum Gasteiger partial charge on any atom is -0.340 e. The molecular weight excluding hydrogens is 310 g/mol. The molecule has 1 fully saturated rings. The van der Waals surface area contributed by atoms with Gasteiger partial charge in [-0.25, -0.2) is 0 Å². The first kappa shape index (κ1) is 17.9. The Kier molecular flexibility index (Phi) is 6.59. The summed E-state index contributed by atoms with van der Waals surface area (Å²) < 4.78 is 0. The van der Waals surface area contributed by atoms with E-state index < -0.39 is 0 Å². The Hall–Kier alpha value is -1.40. The van der Waals surface area contributed by atoms with E-state index in [1.165, 1.54) is 22.7 Å². The van der Waals surface area contributed by atoms with Crippen LogP contribution < -0.4 is 0 Å². The van der Waals surface area contributed by atoms with E-state index in [0.717, 1.165) is 26.1 Å². The van der Waals surface area contributed by atoms with Crippen LogP contribution in [0.1, 0.15) is 36.4 Å². The van der Waals surface area contributed by atoms with Gasteiger partial charge in [-0.2, -0.15) is 0 Å². The first-order valence-corrected chi connectivity index (χ1v) is 9.25. The average Bonchev–Trinajstić information content (AvgIpc) is 3.22. The van der Waals surface area contributed by atoms with Crippen molar-refractivity contribution < 1.29 is 9.59 Å². The van der Waals surface area contributed by atoms with E-state index in [9.17, 15) is 9.59 Å². The summed E-state index contributed by atoms with van der Waals surface area (Å²) in [7, 11) is 1.70. The van der Waals surface area contributed by atoms with Crippen LogP contribution in [0.25, 0.3) is 0 Å². The summed E-state index contributed by atoms with van der Waals surface area (Å²) in [4.78, 5) is 31.3. The largest absolute Gasteiger partial charge is 0.340 e. The number of rotatable bonds is 7. The first-order valence-electron chi connectivity index (χ1n) is 8.37. The van der Waals surface area contributed by atoms with Gasteiger partial charge in [-0.15, -0.1) is 11.3 Å². The summed E-state index contributed by atoms with van der Waals surface area (Å²) in [6, 6.07) is 4.11. The van der Waals surface area contributed by atoms with Gasteiger partial charge in [0, 0.05) is 26.2 Å². The number of amides is 2. The molecule has 0 bridgehead atoms. The van der Waals surface area contributed by atoms with Crippen LogP contribution in [0.3, 0.4) is 0 Å². The van der Waals surface area contributed by atoms with Crippen molar-refractivity contribution in [2.75, 3.05) is 39.8 Å². The van der Waals surface area contributed by atoms with Gasteiger partial charge >= 0.3 is 0 Å².